The van der Waals surface area contributed by atoms with E-state index in [2.05, 4.69) is 5.32 Å². The van der Waals surface area contributed by atoms with E-state index in [0.717, 1.165) is 12.8 Å². The molecule has 2 rings (SSSR count). The largest absolute Gasteiger partial charge is 0.480 e. The van der Waals surface area contributed by atoms with Gasteiger partial charge in [-0.15, -0.1) is 0 Å². The number of carbonyl (C=O) groups is 3. The van der Waals surface area contributed by atoms with E-state index < -0.39 is 18.1 Å². The number of nitrogens with one attached hydrogen (secondary N) is 1. The highest BCUT2D eigenvalue weighted by Gasteiger charge is 2.40. The normalized spacial score (nSPS) is 32.2. The molecule has 0 radical (unpaired) electrons. The molecule has 2 heterocycles. The number of carboxylic acids is 1. The Morgan fingerprint density at radius 1 is 1.39 bits per heavy atom. The van der Waals surface area contributed by atoms with Crippen LogP contribution < -0.4 is 5.32 Å². The number of hydrogen-bond donors (Lipinski definition) is 2. The van der Waals surface area contributed by atoms with Crippen molar-refractivity contribution in [2.45, 2.75) is 44.7 Å². The van der Waals surface area contributed by atoms with E-state index >= 15 is 0 Å². The van der Waals surface area contributed by atoms with Crippen molar-refractivity contribution in [3.63, 3.8) is 0 Å². The van der Waals surface area contributed by atoms with Gasteiger partial charge < -0.3 is 15.3 Å². The molecule has 0 aliphatic carbocycles. The van der Waals surface area contributed by atoms with E-state index in [1.807, 2.05) is 6.92 Å². The van der Waals surface area contributed by atoms with Crippen LogP contribution in [0.15, 0.2) is 0 Å². The molecule has 2 saturated heterocycles. The minimum absolute atomic E-state index is 0.0442. The van der Waals surface area contributed by atoms with Crippen LogP contribution in [-0.4, -0.2) is 46.4 Å². The number of amides is 2. The molecular weight excluding hydrogens is 236 g/mol. The molecule has 0 aromatic carbocycles. The molecule has 2 N–H and O–H groups in total. The van der Waals surface area contributed by atoms with E-state index in [9.17, 15) is 19.5 Å². The van der Waals surface area contributed by atoms with Crippen LogP contribution in [-0.2, 0) is 14.4 Å². The molecule has 0 aromatic heterocycles. The Balaban J connectivity index is 2.11. The molecule has 2 aliphatic rings. The molecule has 0 aromatic rings. The predicted octanol–water partition coefficient (Wildman–Crippen LogP) is -0.0233. The summed E-state index contributed by atoms with van der Waals surface area (Å²) in [5.41, 5.74) is 0. The average Bonchev–Trinajstić information content (AvgIpc) is 2.74. The van der Waals surface area contributed by atoms with E-state index in [1.54, 1.807) is 0 Å². The highest BCUT2D eigenvalue weighted by atomic mass is 16.4. The van der Waals surface area contributed by atoms with Gasteiger partial charge in [0.25, 0.3) is 0 Å². The van der Waals surface area contributed by atoms with Gasteiger partial charge in [-0.05, 0) is 25.2 Å². The molecule has 0 saturated carbocycles. The predicted molar refractivity (Wildman–Crippen MR) is 62.7 cm³/mol. The SMILES string of the molecule is CC1CCCN(C(=O)[C@@H]2CCC(=O)N2)C1C(=O)O. The fourth-order valence-electron chi connectivity index (χ4n) is 2.81. The Morgan fingerprint density at radius 2 is 2.11 bits per heavy atom. The van der Waals surface area contributed by atoms with E-state index in [0.29, 0.717) is 19.4 Å². The van der Waals surface area contributed by atoms with Crippen molar-refractivity contribution in [2.75, 3.05) is 6.54 Å². The van der Waals surface area contributed by atoms with Crippen molar-refractivity contribution >= 4 is 17.8 Å². The molecule has 2 unspecified atom stereocenters. The molecular formula is C12H18N2O4. The lowest BCUT2D eigenvalue weighted by Gasteiger charge is -2.38. The minimum Gasteiger partial charge on any atom is -0.480 e. The molecule has 6 nitrogen and oxygen atoms in total. The third-order valence-corrected chi connectivity index (χ3v) is 3.76. The van der Waals surface area contributed by atoms with Gasteiger partial charge in [0.1, 0.15) is 12.1 Å². The highest BCUT2D eigenvalue weighted by molar-refractivity contribution is 5.93. The maximum Gasteiger partial charge on any atom is 0.326 e. The first-order valence-electron chi connectivity index (χ1n) is 6.33. The van der Waals surface area contributed by atoms with E-state index in [-0.39, 0.29) is 17.7 Å². The Bertz CT molecular complexity index is 382. The third-order valence-electron chi connectivity index (χ3n) is 3.76. The molecule has 6 heteroatoms. The summed E-state index contributed by atoms with van der Waals surface area (Å²) < 4.78 is 0. The molecule has 0 bridgehead atoms. The van der Waals surface area contributed by atoms with Crippen molar-refractivity contribution < 1.29 is 19.5 Å². The number of aliphatic carboxylic acids is 1. The summed E-state index contributed by atoms with van der Waals surface area (Å²) in [5.74, 6) is -1.39. The van der Waals surface area contributed by atoms with Crippen molar-refractivity contribution in [3.05, 3.63) is 0 Å². The first-order chi connectivity index (χ1) is 8.50. The number of piperidine rings is 1. The maximum atomic E-state index is 12.3. The van der Waals surface area contributed by atoms with Gasteiger partial charge in [-0.1, -0.05) is 6.92 Å². The molecule has 0 spiro atoms. The smallest absolute Gasteiger partial charge is 0.326 e. The first kappa shape index (κ1) is 12.9. The summed E-state index contributed by atoms with van der Waals surface area (Å²) in [4.78, 5) is 36.1. The summed E-state index contributed by atoms with van der Waals surface area (Å²) in [5, 5.41) is 11.8. The number of likely N-dealkylation sites (tertiary alicyclic amines) is 1. The minimum atomic E-state index is -0.958. The van der Waals surface area contributed by atoms with Crippen LogP contribution in [0.4, 0.5) is 0 Å². The Kier molecular flexibility index (Phi) is 3.54. The lowest BCUT2D eigenvalue weighted by atomic mass is 9.90. The van der Waals surface area contributed by atoms with E-state index in [1.165, 1.54) is 4.90 Å². The third kappa shape index (κ3) is 2.32. The molecule has 3 atom stereocenters. The quantitative estimate of drug-likeness (QED) is 0.725. The number of hydrogen-bond acceptors (Lipinski definition) is 3. The van der Waals surface area contributed by atoms with Gasteiger partial charge in [-0.25, -0.2) is 4.79 Å². The van der Waals surface area contributed by atoms with Crippen molar-refractivity contribution in [3.8, 4) is 0 Å². The lowest BCUT2D eigenvalue weighted by molar-refractivity contribution is -0.155. The van der Waals surface area contributed by atoms with Crippen LogP contribution in [0.3, 0.4) is 0 Å². The Morgan fingerprint density at radius 3 is 2.67 bits per heavy atom. The number of nitrogens with zero attached hydrogens (tertiary/aromatic N) is 1. The monoisotopic (exact) mass is 254 g/mol. The summed E-state index contributed by atoms with van der Waals surface area (Å²) >= 11 is 0. The molecule has 2 fully saturated rings. The van der Waals surface area contributed by atoms with Gasteiger partial charge in [0.15, 0.2) is 0 Å². The molecule has 2 aliphatic heterocycles. The second-order valence-electron chi connectivity index (χ2n) is 5.09. The van der Waals surface area contributed by atoms with Gasteiger partial charge in [0.2, 0.25) is 11.8 Å². The number of rotatable bonds is 2. The van der Waals surface area contributed by atoms with Gasteiger partial charge in [-0.2, -0.15) is 0 Å². The Labute approximate surface area is 105 Å². The average molecular weight is 254 g/mol. The van der Waals surface area contributed by atoms with Crippen LogP contribution in [0.1, 0.15) is 32.6 Å². The van der Waals surface area contributed by atoms with Crippen LogP contribution in [0, 0.1) is 5.92 Å². The standard InChI is InChI=1S/C12H18N2O4/c1-7-3-2-6-14(10(7)12(17)18)11(16)8-4-5-9(15)13-8/h7-8,10H,2-6H2,1H3,(H,13,15)(H,17,18)/t7?,8-,10?/m0/s1. The number of carbonyl (C=O) groups excluding carboxylic acids is 2. The summed E-state index contributed by atoms with van der Waals surface area (Å²) in [6, 6.07) is -1.30. The zero-order valence-electron chi connectivity index (χ0n) is 10.4. The van der Waals surface area contributed by atoms with Crippen molar-refractivity contribution in [1.82, 2.24) is 10.2 Å². The van der Waals surface area contributed by atoms with Gasteiger partial charge >= 0.3 is 5.97 Å². The summed E-state index contributed by atoms with van der Waals surface area (Å²) in [6.45, 7) is 2.32. The molecule has 100 valence electrons. The van der Waals surface area contributed by atoms with Crippen LogP contribution in [0.2, 0.25) is 0 Å². The Hall–Kier alpha value is -1.59. The second-order valence-corrected chi connectivity index (χ2v) is 5.09. The fourth-order valence-corrected chi connectivity index (χ4v) is 2.81. The fraction of sp³-hybridized carbons (Fsp3) is 0.750. The topological polar surface area (TPSA) is 86.7 Å². The second kappa shape index (κ2) is 4.96. The zero-order chi connectivity index (χ0) is 13.3. The van der Waals surface area contributed by atoms with Crippen LogP contribution in [0.5, 0.6) is 0 Å². The molecule has 2 amide bonds. The zero-order valence-corrected chi connectivity index (χ0v) is 10.4. The van der Waals surface area contributed by atoms with Gasteiger partial charge in [-0.3, -0.25) is 9.59 Å². The van der Waals surface area contributed by atoms with Crippen molar-refractivity contribution in [2.24, 2.45) is 5.92 Å². The van der Waals surface area contributed by atoms with Gasteiger partial charge in [0, 0.05) is 13.0 Å². The molecule has 18 heavy (non-hydrogen) atoms. The maximum absolute atomic E-state index is 12.3. The summed E-state index contributed by atoms with van der Waals surface area (Å²) in [6.07, 6.45) is 2.45. The lowest BCUT2D eigenvalue weighted by Crippen LogP contribution is -2.56. The van der Waals surface area contributed by atoms with Crippen molar-refractivity contribution in [1.29, 1.82) is 0 Å². The highest BCUT2D eigenvalue weighted by Crippen LogP contribution is 2.25. The number of carboxylic acid groups (broad SMARTS) is 1. The van der Waals surface area contributed by atoms with Crippen LogP contribution >= 0.6 is 0 Å². The van der Waals surface area contributed by atoms with E-state index in [4.69, 9.17) is 0 Å². The first-order valence-corrected chi connectivity index (χ1v) is 6.33. The van der Waals surface area contributed by atoms with Gasteiger partial charge in [0.05, 0.1) is 0 Å². The summed E-state index contributed by atoms with van der Waals surface area (Å²) in [7, 11) is 0. The van der Waals surface area contributed by atoms with Crippen LogP contribution in [0.25, 0.3) is 0 Å².